The molecule has 5 nitrogen and oxygen atoms in total. The molecule has 0 bridgehead atoms. The molecule has 178 valence electrons. The van der Waals surface area contributed by atoms with Crippen LogP contribution in [0.15, 0.2) is 48.5 Å². The highest BCUT2D eigenvalue weighted by atomic mass is 32.2. The molecule has 0 aromatic heterocycles. The molecule has 0 aliphatic heterocycles. The summed E-state index contributed by atoms with van der Waals surface area (Å²) in [5.41, 5.74) is 3.38. The molecule has 2 aromatic rings. The summed E-state index contributed by atoms with van der Waals surface area (Å²) in [6.45, 7) is 4.43. The van der Waals surface area contributed by atoms with Crippen LogP contribution in [0.5, 0.6) is 5.75 Å². The Kier molecular flexibility index (Phi) is 9.67. The van der Waals surface area contributed by atoms with Gasteiger partial charge >= 0.3 is 0 Å². The Morgan fingerprint density at radius 3 is 2.52 bits per heavy atom. The average molecular weight is 469 g/mol. The van der Waals surface area contributed by atoms with E-state index in [4.69, 9.17) is 4.74 Å². The van der Waals surface area contributed by atoms with Crippen LogP contribution in [0.2, 0.25) is 0 Å². The van der Waals surface area contributed by atoms with Crippen molar-refractivity contribution >= 4 is 23.6 Å². The number of ether oxygens (including phenoxy) is 1. The number of carbonyl (C=O) groups is 2. The number of aryl methyl sites for hydroxylation is 1. The van der Waals surface area contributed by atoms with E-state index in [2.05, 4.69) is 36.5 Å². The van der Waals surface area contributed by atoms with Gasteiger partial charge in [-0.3, -0.25) is 9.59 Å². The van der Waals surface area contributed by atoms with E-state index in [1.807, 2.05) is 31.2 Å². The van der Waals surface area contributed by atoms with Crippen molar-refractivity contribution in [3.05, 3.63) is 65.2 Å². The van der Waals surface area contributed by atoms with Gasteiger partial charge in [-0.2, -0.15) is 0 Å². The van der Waals surface area contributed by atoms with Gasteiger partial charge in [-0.1, -0.05) is 61.7 Å². The zero-order valence-corrected chi connectivity index (χ0v) is 20.8. The predicted molar refractivity (Wildman–Crippen MR) is 135 cm³/mol. The van der Waals surface area contributed by atoms with Crippen molar-refractivity contribution in [2.75, 3.05) is 12.9 Å². The second-order valence-electron chi connectivity index (χ2n) is 8.77. The topological polar surface area (TPSA) is 58.6 Å². The van der Waals surface area contributed by atoms with Crippen LogP contribution in [0.4, 0.5) is 0 Å². The molecule has 0 heterocycles. The van der Waals surface area contributed by atoms with Crippen molar-refractivity contribution in [3.63, 3.8) is 0 Å². The molecule has 1 N–H and O–H groups in total. The number of benzene rings is 2. The van der Waals surface area contributed by atoms with E-state index < -0.39 is 6.04 Å². The highest BCUT2D eigenvalue weighted by Crippen LogP contribution is 2.22. The Morgan fingerprint density at radius 2 is 1.85 bits per heavy atom. The maximum absolute atomic E-state index is 13.4. The van der Waals surface area contributed by atoms with Crippen LogP contribution in [-0.4, -0.2) is 41.7 Å². The van der Waals surface area contributed by atoms with Crippen LogP contribution in [0.3, 0.4) is 0 Å². The van der Waals surface area contributed by atoms with Crippen molar-refractivity contribution in [1.82, 2.24) is 10.2 Å². The van der Waals surface area contributed by atoms with Crippen LogP contribution >= 0.6 is 11.8 Å². The smallest absolute Gasteiger partial charge is 0.243 e. The van der Waals surface area contributed by atoms with E-state index in [1.165, 1.54) is 11.1 Å². The normalized spacial score (nSPS) is 14.6. The molecule has 0 radical (unpaired) electrons. The predicted octanol–water partition coefficient (Wildman–Crippen LogP) is 5.10. The van der Waals surface area contributed by atoms with Gasteiger partial charge in [-0.15, -0.1) is 11.8 Å². The lowest BCUT2D eigenvalue weighted by Gasteiger charge is -2.31. The Labute approximate surface area is 202 Å². The van der Waals surface area contributed by atoms with Gasteiger partial charge in [0.25, 0.3) is 0 Å². The summed E-state index contributed by atoms with van der Waals surface area (Å²) in [5, 5.41) is 3.20. The molecule has 1 saturated carbocycles. The van der Waals surface area contributed by atoms with Gasteiger partial charge < -0.3 is 15.0 Å². The summed E-state index contributed by atoms with van der Waals surface area (Å²) >= 11 is 1.59. The lowest BCUT2D eigenvalue weighted by atomic mass is 10.1. The second-order valence-corrected chi connectivity index (χ2v) is 9.75. The lowest BCUT2D eigenvalue weighted by molar-refractivity contribution is -0.139. The van der Waals surface area contributed by atoms with Crippen molar-refractivity contribution in [1.29, 1.82) is 0 Å². The maximum Gasteiger partial charge on any atom is 0.243 e. The van der Waals surface area contributed by atoms with E-state index in [-0.39, 0.29) is 17.9 Å². The maximum atomic E-state index is 13.4. The Hall–Kier alpha value is -2.47. The fraction of sp³-hybridized carbons (Fsp3) is 0.481. The van der Waals surface area contributed by atoms with Crippen molar-refractivity contribution in [2.45, 2.75) is 70.3 Å². The Balaban J connectivity index is 1.71. The first-order valence-electron chi connectivity index (χ1n) is 11.9. The largest absolute Gasteiger partial charge is 0.497 e. The molecule has 1 aliphatic carbocycles. The molecular weight excluding hydrogens is 432 g/mol. The van der Waals surface area contributed by atoms with Crippen molar-refractivity contribution in [2.24, 2.45) is 0 Å². The molecule has 33 heavy (non-hydrogen) atoms. The number of nitrogens with zero attached hydrogens (tertiary/aromatic N) is 1. The molecule has 0 unspecified atom stereocenters. The van der Waals surface area contributed by atoms with E-state index >= 15 is 0 Å². The summed E-state index contributed by atoms with van der Waals surface area (Å²) in [7, 11) is 1.63. The zero-order chi connectivity index (χ0) is 23.6. The van der Waals surface area contributed by atoms with Gasteiger partial charge in [-0.05, 0) is 49.4 Å². The lowest BCUT2D eigenvalue weighted by Crippen LogP contribution is -2.51. The van der Waals surface area contributed by atoms with E-state index in [9.17, 15) is 9.59 Å². The third-order valence-electron chi connectivity index (χ3n) is 6.19. The average Bonchev–Trinajstić information content (AvgIpc) is 3.33. The third kappa shape index (κ3) is 7.53. The standard InChI is InChI=1S/C27H36N2O3S/c1-4-25(27(31)28-23-9-5-6-10-23)29(17-22-8-7-11-24(16-22)32-3)26(30)19-33-18-21-14-12-20(2)13-15-21/h7-8,11-16,23,25H,4-6,9-10,17-19H2,1-3H3,(H,28,31)/t25-/m0/s1. The highest BCUT2D eigenvalue weighted by molar-refractivity contribution is 7.99. The first-order chi connectivity index (χ1) is 16.0. The molecule has 2 amide bonds. The monoisotopic (exact) mass is 468 g/mol. The molecular formula is C27H36N2O3S. The highest BCUT2D eigenvalue weighted by Gasteiger charge is 2.30. The fourth-order valence-electron chi connectivity index (χ4n) is 4.28. The molecule has 2 aromatic carbocycles. The summed E-state index contributed by atoms with van der Waals surface area (Å²) in [4.78, 5) is 28.3. The minimum Gasteiger partial charge on any atom is -0.497 e. The first-order valence-corrected chi connectivity index (χ1v) is 13.0. The van der Waals surface area contributed by atoms with Gasteiger partial charge in [0.05, 0.1) is 12.9 Å². The quantitative estimate of drug-likeness (QED) is 0.498. The Bertz CT molecular complexity index is 910. The first kappa shape index (κ1) is 25.2. The summed E-state index contributed by atoms with van der Waals surface area (Å²) in [6.07, 6.45) is 4.95. The molecule has 6 heteroatoms. The number of methoxy groups -OCH3 is 1. The van der Waals surface area contributed by atoms with Crippen LogP contribution < -0.4 is 10.1 Å². The van der Waals surface area contributed by atoms with Gasteiger partial charge in [0.1, 0.15) is 11.8 Å². The molecule has 1 aliphatic rings. The number of carbonyl (C=O) groups excluding carboxylic acids is 2. The van der Waals surface area contributed by atoms with Gasteiger partial charge in [0.15, 0.2) is 0 Å². The minimum absolute atomic E-state index is 0.0108. The summed E-state index contributed by atoms with van der Waals surface area (Å²) < 4.78 is 5.36. The van der Waals surface area contributed by atoms with Gasteiger partial charge in [0, 0.05) is 18.3 Å². The van der Waals surface area contributed by atoms with Gasteiger partial charge in [0.2, 0.25) is 11.8 Å². The van der Waals surface area contributed by atoms with Crippen LogP contribution in [0.25, 0.3) is 0 Å². The van der Waals surface area contributed by atoms with Gasteiger partial charge in [-0.25, -0.2) is 0 Å². The fourth-order valence-corrected chi connectivity index (χ4v) is 5.15. The molecule has 0 spiro atoms. The van der Waals surface area contributed by atoms with Crippen LogP contribution in [0, 0.1) is 6.92 Å². The number of hydrogen-bond donors (Lipinski definition) is 1. The van der Waals surface area contributed by atoms with Crippen LogP contribution in [0.1, 0.15) is 55.7 Å². The number of thioether (sulfide) groups is 1. The van der Waals surface area contributed by atoms with E-state index in [1.54, 1.807) is 23.8 Å². The van der Waals surface area contributed by atoms with Crippen LogP contribution in [-0.2, 0) is 21.9 Å². The summed E-state index contributed by atoms with van der Waals surface area (Å²) in [6, 6.07) is 15.8. The zero-order valence-electron chi connectivity index (χ0n) is 20.0. The molecule has 1 fully saturated rings. The Morgan fingerprint density at radius 1 is 1.12 bits per heavy atom. The number of rotatable bonds is 11. The van der Waals surface area contributed by atoms with Crippen molar-refractivity contribution < 1.29 is 14.3 Å². The SMILES string of the molecule is CC[C@@H](C(=O)NC1CCCC1)N(Cc1cccc(OC)c1)C(=O)CSCc1ccc(C)cc1. The number of nitrogens with one attached hydrogen (secondary N) is 1. The van der Waals surface area contributed by atoms with Crippen molar-refractivity contribution in [3.8, 4) is 5.75 Å². The minimum atomic E-state index is -0.482. The molecule has 0 saturated heterocycles. The van der Waals surface area contributed by atoms with E-state index in [0.717, 1.165) is 42.7 Å². The molecule has 3 rings (SSSR count). The third-order valence-corrected chi connectivity index (χ3v) is 7.18. The number of amides is 2. The summed E-state index contributed by atoms with van der Waals surface area (Å²) in [5.74, 6) is 1.81. The molecule has 1 atom stereocenters. The number of hydrogen-bond acceptors (Lipinski definition) is 4. The van der Waals surface area contributed by atoms with E-state index in [0.29, 0.717) is 18.7 Å². The second kappa shape index (κ2) is 12.7.